The standard InChI is InChI=1S/C9H18O/c1-3-5-6-8-9(10)7-4-2/h5-6,9-10H,3-4,7-8H2,1-2H3/b6-5+. The molecule has 0 spiro atoms. The van der Waals surface area contributed by atoms with Crippen molar-refractivity contribution in [2.24, 2.45) is 0 Å². The Morgan fingerprint density at radius 3 is 2.50 bits per heavy atom. The van der Waals surface area contributed by atoms with Crippen LogP contribution in [0, 0.1) is 0 Å². The first-order chi connectivity index (χ1) is 4.81. The SMILES string of the molecule is CC/C=C/CC(O)CCC. The highest BCUT2D eigenvalue weighted by molar-refractivity contribution is 4.82. The average molecular weight is 142 g/mol. The van der Waals surface area contributed by atoms with Crippen LogP contribution < -0.4 is 0 Å². The lowest BCUT2D eigenvalue weighted by atomic mass is 10.1. The van der Waals surface area contributed by atoms with Gasteiger partial charge in [-0.25, -0.2) is 0 Å². The minimum Gasteiger partial charge on any atom is -0.393 e. The van der Waals surface area contributed by atoms with Crippen molar-refractivity contribution < 1.29 is 5.11 Å². The van der Waals surface area contributed by atoms with Crippen LogP contribution in [-0.2, 0) is 0 Å². The Kier molecular flexibility index (Phi) is 6.61. The number of aliphatic hydroxyl groups is 1. The summed E-state index contributed by atoms with van der Waals surface area (Å²) in [7, 11) is 0. The molecular formula is C9H18O. The predicted molar refractivity (Wildman–Crippen MR) is 45.0 cm³/mol. The first kappa shape index (κ1) is 9.70. The molecule has 0 rings (SSSR count). The Bertz CT molecular complexity index is 86.7. The maximum Gasteiger partial charge on any atom is 0.0574 e. The van der Waals surface area contributed by atoms with Gasteiger partial charge >= 0.3 is 0 Å². The third kappa shape index (κ3) is 5.83. The van der Waals surface area contributed by atoms with Crippen molar-refractivity contribution in [1.29, 1.82) is 0 Å². The van der Waals surface area contributed by atoms with Crippen LogP contribution in [0.1, 0.15) is 39.5 Å². The van der Waals surface area contributed by atoms with Crippen LogP contribution in [0.3, 0.4) is 0 Å². The van der Waals surface area contributed by atoms with E-state index in [1.54, 1.807) is 0 Å². The van der Waals surface area contributed by atoms with Gasteiger partial charge in [0.1, 0.15) is 0 Å². The van der Waals surface area contributed by atoms with Gasteiger partial charge in [0.25, 0.3) is 0 Å². The summed E-state index contributed by atoms with van der Waals surface area (Å²) in [5.41, 5.74) is 0. The fourth-order valence-corrected chi connectivity index (χ4v) is 0.871. The summed E-state index contributed by atoms with van der Waals surface area (Å²) >= 11 is 0. The lowest BCUT2D eigenvalue weighted by Gasteiger charge is -2.03. The predicted octanol–water partition coefficient (Wildman–Crippen LogP) is 2.50. The summed E-state index contributed by atoms with van der Waals surface area (Å²) < 4.78 is 0. The molecule has 0 aromatic heterocycles. The normalized spacial score (nSPS) is 14.3. The molecular weight excluding hydrogens is 124 g/mol. The van der Waals surface area contributed by atoms with E-state index in [-0.39, 0.29) is 6.10 Å². The van der Waals surface area contributed by atoms with Crippen LogP contribution in [0.2, 0.25) is 0 Å². The van der Waals surface area contributed by atoms with E-state index in [1.807, 2.05) is 0 Å². The second-order valence-corrected chi connectivity index (χ2v) is 2.56. The Morgan fingerprint density at radius 1 is 1.30 bits per heavy atom. The third-order valence-corrected chi connectivity index (χ3v) is 1.43. The molecule has 0 aliphatic heterocycles. The van der Waals surface area contributed by atoms with Crippen LogP contribution in [0.4, 0.5) is 0 Å². The molecule has 0 aliphatic rings. The monoisotopic (exact) mass is 142 g/mol. The molecule has 0 radical (unpaired) electrons. The molecule has 0 saturated carbocycles. The van der Waals surface area contributed by atoms with Gasteiger partial charge in [-0.1, -0.05) is 32.4 Å². The maximum atomic E-state index is 9.22. The van der Waals surface area contributed by atoms with E-state index in [1.165, 1.54) is 0 Å². The summed E-state index contributed by atoms with van der Waals surface area (Å²) in [5, 5.41) is 9.22. The number of rotatable bonds is 5. The van der Waals surface area contributed by atoms with Crippen molar-refractivity contribution in [2.45, 2.75) is 45.6 Å². The van der Waals surface area contributed by atoms with Crippen molar-refractivity contribution in [3.05, 3.63) is 12.2 Å². The molecule has 1 N–H and O–H groups in total. The highest BCUT2D eigenvalue weighted by atomic mass is 16.3. The average Bonchev–Trinajstić information content (AvgIpc) is 1.89. The molecule has 0 bridgehead atoms. The van der Waals surface area contributed by atoms with Gasteiger partial charge in [0.2, 0.25) is 0 Å². The van der Waals surface area contributed by atoms with E-state index in [0.717, 1.165) is 25.7 Å². The van der Waals surface area contributed by atoms with Crippen molar-refractivity contribution in [3.63, 3.8) is 0 Å². The van der Waals surface area contributed by atoms with Crippen LogP contribution in [0.15, 0.2) is 12.2 Å². The molecule has 1 unspecified atom stereocenters. The van der Waals surface area contributed by atoms with E-state index >= 15 is 0 Å². The van der Waals surface area contributed by atoms with Crippen LogP contribution in [0.25, 0.3) is 0 Å². The van der Waals surface area contributed by atoms with Gasteiger partial charge in [0.05, 0.1) is 6.10 Å². The highest BCUT2D eigenvalue weighted by Crippen LogP contribution is 2.01. The molecule has 60 valence electrons. The number of hydrogen-bond donors (Lipinski definition) is 1. The van der Waals surface area contributed by atoms with E-state index in [0.29, 0.717) is 0 Å². The van der Waals surface area contributed by atoms with Crippen LogP contribution >= 0.6 is 0 Å². The lowest BCUT2D eigenvalue weighted by Crippen LogP contribution is -2.02. The highest BCUT2D eigenvalue weighted by Gasteiger charge is 1.96. The van der Waals surface area contributed by atoms with Gasteiger partial charge in [-0.05, 0) is 19.3 Å². The largest absolute Gasteiger partial charge is 0.393 e. The molecule has 0 heterocycles. The topological polar surface area (TPSA) is 20.2 Å². The van der Waals surface area contributed by atoms with E-state index in [2.05, 4.69) is 26.0 Å². The van der Waals surface area contributed by atoms with Crippen molar-refractivity contribution in [2.75, 3.05) is 0 Å². The molecule has 10 heavy (non-hydrogen) atoms. The zero-order chi connectivity index (χ0) is 7.82. The number of hydrogen-bond acceptors (Lipinski definition) is 1. The summed E-state index contributed by atoms with van der Waals surface area (Å²) in [4.78, 5) is 0. The smallest absolute Gasteiger partial charge is 0.0574 e. The Morgan fingerprint density at radius 2 is 2.00 bits per heavy atom. The first-order valence-electron chi connectivity index (χ1n) is 4.14. The lowest BCUT2D eigenvalue weighted by molar-refractivity contribution is 0.166. The van der Waals surface area contributed by atoms with E-state index < -0.39 is 0 Å². The van der Waals surface area contributed by atoms with E-state index in [4.69, 9.17) is 0 Å². The van der Waals surface area contributed by atoms with E-state index in [9.17, 15) is 5.11 Å². The second kappa shape index (κ2) is 6.81. The summed E-state index contributed by atoms with van der Waals surface area (Å²) in [5.74, 6) is 0. The van der Waals surface area contributed by atoms with Gasteiger partial charge < -0.3 is 5.11 Å². The summed E-state index contributed by atoms with van der Waals surface area (Å²) in [6.07, 6.45) is 7.92. The Balaban J connectivity index is 3.20. The van der Waals surface area contributed by atoms with Gasteiger partial charge in [-0.15, -0.1) is 0 Å². The number of aliphatic hydroxyl groups excluding tert-OH is 1. The molecule has 0 aromatic rings. The molecule has 1 nitrogen and oxygen atoms in total. The van der Waals surface area contributed by atoms with Crippen LogP contribution in [0.5, 0.6) is 0 Å². The number of allylic oxidation sites excluding steroid dienone is 1. The summed E-state index contributed by atoms with van der Waals surface area (Å²) in [6.45, 7) is 4.19. The van der Waals surface area contributed by atoms with Crippen molar-refractivity contribution >= 4 is 0 Å². The van der Waals surface area contributed by atoms with Crippen molar-refractivity contribution in [1.82, 2.24) is 0 Å². The zero-order valence-corrected chi connectivity index (χ0v) is 7.01. The quantitative estimate of drug-likeness (QED) is 0.585. The molecule has 1 atom stereocenters. The fourth-order valence-electron chi connectivity index (χ4n) is 0.871. The van der Waals surface area contributed by atoms with Gasteiger partial charge in [0.15, 0.2) is 0 Å². The Hall–Kier alpha value is -0.300. The Labute approximate surface area is 63.8 Å². The molecule has 1 heteroatoms. The molecule has 0 amide bonds. The fraction of sp³-hybridized carbons (Fsp3) is 0.778. The van der Waals surface area contributed by atoms with Gasteiger partial charge in [0, 0.05) is 0 Å². The van der Waals surface area contributed by atoms with Gasteiger partial charge in [-0.2, -0.15) is 0 Å². The third-order valence-electron chi connectivity index (χ3n) is 1.43. The summed E-state index contributed by atoms with van der Waals surface area (Å²) in [6, 6.07) is 0. The molecule has 0 saturated heterocycles. The van der Waals surface area contributed by atoms with Gasteiger partial charge in [-0.3, -0.25) is 0 Å². The van der Waals surface area contributed by atoms with Crippen molar-refractivity contribution in [3.8, 4) is 0 Å². The first-order valence-corrected chi connectivity index (χ1v) is 4.14. The minimum absolute atomic E-state index is 0.118. The molecule has 0 fully saturated rings. The minimum atomic E-state index is -0.118. The van der Waals surface area contributed by atoms with Crippen LogP contribution in [-0.4, -0.2) is 11.2 Å². The molecule has 0 aliphatic carbocycles. The maximum absolute atomic E-state index is 9.22. The molecule has 0 aromatic carbocycles. The second-order valence-electron chi connectivity index (χ2n) is 2.56. The zero-order valence-electron chi connectivity index (χ0n) is 7.01.